The lowest BCUT2D eigenvalue weighted by molar-refractivity contribution is -0.146. The number of hydrogen-bond donors (Lipinski definition) is 1. The van der Waals surface area contributed by atoms with Gasteiger partial charge < -0.3 is 10.1 Å². The Morgan fingerprint density at radius 3 is 1.92 bits per heavy atom. The van der Waals surface area contributed by atoms with Gasteiger partial charge in [-0.05, 0) is 42.4 Å². The third-order valence-corrected chi connectivity index (χ3v) is 6.90. The van der Waals surface area contributed by atoms with Crippen LogP contribution in [0.5, 0.6) is 0 Å². The molecule has 1 aliphatic carbocycles. The van der Waals surface area contributed by atoms with Gasteiger partial charge >= 0.3 is 5.97 Å². The summed E-state index contributed by atoms with van der Waals surface area (Å²) >= 11 is 0. The second kappa shape index (κ2) is 12.3. The molecule has 0 aromatic heterocycles. The van der Waals surface area contributed by atoms with Gasteiger partial charge in [0.25, 0.3) is 0 Å². The topological polar surface area (TPSA) is 72.5 Å². The smallest absolute Gasteiger partial charge is 0.328 e. The second-order valence-electron chi connectivity index (χ2n) is 9.47. The minimum absolute atomic E-state index is 0.261. The van der Waals surface area contributed by atoms with Crippen molar-refractivity contribution in [3.05, 3.63) is 107 Å². The maximum atomic E-state index is 13.2. The van der Waals surface area contributed by atoms with Crippen molar-refractivity contribution in [2.75, 3.05) is 6.61 Å². The highest BCUT2D eigenvalue weighted by Crippen LogP contribution is 2.32. The first kappa shape index (κ1) is 25.4. The number of carbonyl (C=O) groups is 3. The van der Waals surface area contributed by atoms with E-state index in [0.29, 0.717) is 11.5 Å². The first-order chi connectivity index (χ1) is 17.5. The molecule has 1 amide bonds. The quantitative estimate of drug-likeness (QED) is 0.309. The molecule has 0 aliphatic heterocycles. The molecular formula is C31H33NO4. The number of amides is 1. The Morgan fingerprint density at radius 2 is 1.36 bits per heavy atom. The van der Waals surface area contributed by atoms with Gasteiger partial charge in [-0.25, -0.2) is 4.79 Å². The van der Waals surface area contributed by atoms with Crippen LogP contribution in [-0.4, -0.2) is 30.3 Å². The van der Waals surface area contributed by atoms with Crippen molar-refractivity contribution >= 4 is 17.7 Å². The van der Waals surface area contributed by atoms with Crippen LogP contribution in [0.1, 0.15) is 77.9 Å². The highest BCUT2D eigenvalue weighted by molar-refractivity contribution is 5.98. The first-order valence-corrected chi connectivity index (χ1v) is 12.7. The predicted molar refractivity (Wildman–Crippen MR) is 140 cm³/mol. The monoisotopic (exact) mass is 483 g/mol. The van der Waals surface area contributed by atoms with Crippen LogP contribution in [0.2, 0.25) is 0 Å². The molecular weight excluding hydrogens is 450 g/mol. The van der Waals surface area contributed by atoms with E-state index in [1.807, 2.05) is 84.9 Å². The molecule has 5 heteroatoms. The van der Waals surface area contributed by atoms with E-state index in [9.17, 15) is 14.4 Å². The van der Waals surface area contributed by atoms with E-state index >= 15 is 0 Å². The van der Waals surface area contributed by atoms with Crippen molar-refractivity contribution in [1.29, 1.82) is 0 Å². The van der Waals surface area contributed by atoms with E-state index in [-0.39, 0.29) is 18.3 Å². The predicted octanol–water partition coefficient (Wildman–Crippen LogP) is 5.80. The van der Waals surface area contributed by atoms with E-state index in [1.165, 1.54) is 37.7 Å². The van der Waals surface area contributed by atoms with Crippen LogP contribution in [-0.2, 0) is 14.3 Å². The molecule has 1 aliphatic rings. The third-order valence-electron chi connectivity index (χ3n) is 6.90. The van der Waals surface area contributed by atoms with Crippen LogP contribution < -0.4 is 5.32 Å². The number of nitrogens with one attached hydrogen (secondary N) is 1. The van der Waals surface area contributed by atoms with Crippen LogP contribution >= 0.6 is 0 Å². The van der Waals surface area contributed by atoms with Gasteiger partial charge in [-0.3, -0.25) is 9.59 Å². The molecule has 1 atom stereocenters. The van der Waals surface area contributed by atoms with E-state index < -0.39 is 17.9 Å². The molecule has 0 radical (unpaired) electrons. The van der Waals surface area contributed by atoms with Crippen molar-refractivity contribution < 1.29 is 19.1 Å². The van der Waals surface area contributed by atoms with Crippen molar-refractivity contribution in [3.8, 4) is 0 Å². The van der Waals surface area contributed by atoms with Gasteiger partial charge in [0.2, 0.25) is 5.91 Å². The lowest BCUT2D eigenvalue weighted by Gasteiger charge is -2.22. The largest absolute Gasteiger partial charge is 0.456 e. The number of benzene rings is 3. The van der Waals surface area contributed by atoms with Gasteiger partial charge in [0.05, 0.1) is 5.92 Å². The fourth-order valence-corrected chi connectivity index (χ4v) is 4.86. The fraction of sp³-hybridized carbons (Fsp3) is 0.323. The van der Waals surface area contributed by atoms with Crippen molar-refractivity contribution in [1.82, 2.24) is 5.32 Å². The Bertz CT molecular complexity index is 1110. The summed E-state index contributed by atoms with van der Waals surface area (Å²) in [6, 6.07) is 25.6. The molecule has 1 N–H and O–H groups in total. The Labute approximate surface area is 212 Å². The molecule has 0 heterocycles. The highest BCUT2D eigenvalue weighted by atomic mass is 16.5. The zero-order valence-electron chi connectivity index (χ0n) is 20.7. The lowest BCUT2D eigenvalue weighted by Crippen LogP contribution is -2.42. The van der Waals surface area contributed by atoms with Gasteiger partial charge in [-0.2, -0.15) is 0 Å². The van der Waals surface area contributed by atoms with E-state index in [4.69, 9.17) is 4.74 Å². The average molecular weight is 484 g/mol. The van der Waals surface area contributed by atoms with E-state index in [0.717, 1.165) is 11.1 Å². The summed E-state index contributed by atoms with van der Waals surface area (Å²) in [4.78, 5) is 38.4. The van der Waals surface area contributed by atoms with Gasteiger partial charge in [0.15, 0.2) is 12.4 Å². The number of rotatable bonds is 9. The van der Waals surface area contributed by atoms with E-state index in [2.05, 4.69) is 5.32 Å². The van der Waals surface area contributed by atoms with Crippen LogP contribution in [0.4, 0.5) is 0 Å². The third kappa shape index (κ3) is 6.48. The Balaban J connectivity index is 1.33. The van der Waals surface area contributed by atoms with Crippen LogP contribution in [0.15, 0.2) is 84.9 Å². The minimum Gasteiger partial charge on any atom is -0.456 e. The Morgan fingerprint density at radius 1 is 0.806 bits per heavy atom. The SMILES string of the molecule is C[C@H](NC(=O)C(c1ccccc1)c1ccccc1)C(=O)OCC(=O)c1ccc(C2CCCCC2)cc1. The number of ketones is 1. The highest BCUT2D eigenvalue weighted by Gasteiger charge is 2.26. The summed E-state index contributed by atoms with van der Waals surface area (Å²) in [5, 5.41) is 2.76. The molecule has 36 heavy (non-hydrogen) atoms. The normalized spacial score (nSPS) is 14.7. The van der Waals surface area contributed by atoms with Crippen molar-refractivity contribution in [2.45, 2.75) is 56.9 Å². The maximum Gasteiger partial charge on any atom is 0.328 e. The summed E-state index contributed by atoms with van der Waals surface area (Å²) in [7, 11) is 0. The minimum atomic E-state index is -0.895. The second-order valence-corrected chi connectivity index (χ2v) is 9.47. The Hall–Kier alpha value is -3.73. The van der Waals surface area contributed by atoms with Crippen molar-refractivity contribution in [3.63, 3.8) is 0 Å². The summed E-state index contributed by atoms with van der Waals surface area (Å²) in [6.07, 6.45) is 6.21. The number of Topliss-reactive ketones (excluding diaryl/α,β-unsaturated/α-hetero) is 1. The molecule has 1 fully saturated rings. The van der Waals surface area contributed by atoms with Gasteiger partial charge in [-0.1, -0.05) is 104 Å². The molecule has 0 unspecified atom stereocenters. The van der Waals surface area contributed by atoms with Crippen molar-refractivity contribution in [2.24, 2.45) is 0 Å². The molecule has 0 bridgehead atoms. The summed E-state index contributed by atoms with van der Waals surface area (Å²) < 4.78 is 5.26. The van der Waals surface area contributed by atoms with Crippen LogP contribution in [0.25, 0.3) is 0 Å². The zero-order valence-corrected chi connectivity index (χ0v) is 20.7. The van der Waals surface area contributed by atoms with Gasteiger partial charge in [0.1, 0.15) is 6.04 Å². The van der Waals surface area contributed by atoms with Crippen LogP contribution in [0, 0.1) is 0 Å². The molecule has 186 valence electrons. The molecule has 3 aromatic rings. The Kier molecular flexibility index (Phi) is 8.66. The molecule has 0 saturated heterocycles. The number of ether oxygens (including phenoxy) is 1. The molecule has 4 rings (SSSR count). The van der Waals surface area contributed by atoms with Gasteiger partial charge in [-0.15, -0.1) is 0 Å². The average Bonchev–Trinajstić information content (AvgIpc) is 2.93. The van der Waals surface area contributed by atoms with Gasteiger partial charge in [0, 0.05) is 5.56 Å². The molecule has 0 spiro atoms. The summed E-state index contributed by atoms with van der Waals surface area (Å²) in [5.74, 6) is -1.20. The molecule has 1 saturated carbocycles. The summed E-state index contributed by atoms with van der Waals surface area (Å²) in [6.45, 7) is 1.21. The van der Waals surface area contributed by atoms with E-state index in [1.54, 1.807) is 6.92 Å². The van der Waals surface area contributed by atoms with Crippen LogP contribution in [0.3, 0.4) is 0 Å². The lowest BCUT2D eigenvalue weighted by atomic mass is 9.84. The zero-order chi connectivity index (χ0) is 25.3. The fourth-order valence-electron chi connectivity index (χ4n) is 4.86. The number of esters is 1. The molecule has 5 nitrogen and oxygen atoms in total. The number of hydrogen-bond acceptors (Lipinski definition) is 4. The number of carbonyl (C=O) groups excluding carboxylic acids is 3. The molecule has 3 aromatic carbocycles. The first-order valence-electron chi connectivity index (χ1n) is 12.7. The summed E-state index contributed by atoms with van der Waals surface area (Å²) in [5.41, 5.74) is 3.44. The maximum absolute atomic E-state index is 13.2. The standard InChI is InChI=1S/C31H33NO4/c1-22(32-30(34)29(26-13-7-3-8-14-26)27-15-9-4-10-16-27)31(35)36-21-28(33)25-19-17-24(18-20-25)23-11-5-2-6-12-23/h3-4,7-10,13-20,22-23,29H,2,5-6,11-12,21H2,1H3,(H,32,34)/t22-/m0/s1.